The van der Waals surface area contributed by atoms with Gasteiger partial charge in [-0.25, -0.2) is 0 Å². The predicted molar refractivity (Wildman–Crippen MR) is 101 cm³/mol. The van der Waals surface area contributed by atoms with Gasteiger partial charge < -0.3 is 5.11 Å². The molecule has 2 heterocycles. The predicted octanol–water partition coefficient (Wildman–Crippen LogP) is 5.09. The van der Waals surface area contributed by atoms with Crippen LogP contribution in [-0.4, -0.2) is 21.5 Å². The van der Waals surface area contributed by atoms with Gasteiger partial charge in [-0.1, -0.05) is 35.9 Å². The molecular weight excluding hydrogens is 334 g/mol. The summed E-state index contributed by atoms with van der Waals surface area (Å²) in [6, 6.07) is 16.8. The average molecular weight is 348 g/mol. The highest BCUT2D eigenvalue weighted by Crippen LogP contribution is 2.35. The molecule has 0 atom stereocenters. The van der Waals surface area contributed by atoms with E-state index in [1.54, 1.807) is 24.5 Å². The topological polar surface area (TPSA) is 57.8 Å². The SMILES string of the molecule is Oc1c(Cl)cccc1C1=Nc2ccccc2N=C(c2cccnc2)C1. The van der Waals surface area contributed by atoms with Gasteiger partial charge in [-0.05, 0) is 30.3 Å². The van der Waals surface area contributed by atoms with Crippen molar-refractivity contribution in [2.45, 2.75) is 6.42 Å². The molecule has 0 spiro atoms. The van der Waals surface area contributed by atoms with Crippen LogP contribution in [0.15, 0.2) is 77.0 Å². The minimum atomic E-state index is 0.0350. The highest BCUT2D eigenvalue weighted by atomic mass is 35.5. The summed E-state index contributed by atoms with van der Waals surface area (Å²) in [6.45, 7) is 0. The largest absolute Gasteiger partial charge is 0.506 e. The number of nitrogens with zero attached hydrogens (tertiary/aromatic N) is 3. The lowest BCUT2D eigenvalue weighted by Crippen LogP contribution is -2.10. The van der Waals surface area contributed by atoms with Gasteiger partial charge in [0, 0.05) is 29.9 Å². The number of phenols is 1. The van der Waals surface area contributed by atoms with E-state index in [0.717, 1.165) is 22.6 Å². The number of aliphatic imine (C=N–C) groups is 2. The smallest absolute Gasteiger partial charge is 0.143 e. The van der Waals surface area contributed by atoms with Crippen LogP contribution in [0.1, 0.15) is 17.5 Å². The maximum absolute atomic E-state index is 10.4. The van der Waals surface area contributed by atoms with Gasteiger partial charge in [0.05, 0.1) is 27.8 Å². The summed E-state index contributed by atoms with van der Waals surface area (Å²) in [6.07, 6.45) is 3.98. The second kappa shape index (κ2) is 6.49. The van der Waals surface area contributed by atoms with E-state index < -0.39 is 0 Å². The van der Waals surface area contributed by atoms with Crippen molar-refractivity contribution >= 4 is 34.4 Å². The van der Waals surface area contributed by atoms with Crippen LogP contribution >= 0.6 is 11.6 Å². The van der Waals surface area contributed by atoms with Crippen molar-refractivity contribution in [1.82, 2.24) is 4.98 Å². The van der Waals surface area contributed by atoms with E-state index in [4.69, 9.17) is 21.6 Å². The molecule has 0 radical (unpaired) electrons. The van der Waals surface area contributed by atoms with Crippen LogP contribution in [0.5, 0.6) is 5.75 Å². The molecule has 25 heavy (non-hydrogen) atoms. The number of benzene rings is 2. The second-order valence-corrected chi connectivity index (χ2v) is 6.07. The molecule has 0 saturated heterocycles. The van der Waals surface area contributed by atoms with Crippen molar-refractivity contribution in [2.75, 3.05) is 0 Å². The van der Waals surface area contributed by atoms with Crippen molar-refractivity contribution in [1.29, 1.82) is 0 Å². The number of hydrogen-bond acceptors (Lipinski definition) is 4. The monoisotopic (exact) mass is 347 g/mol. The molecule has 0 bridgehead atoms. The van der Waals surface area contributed by atoms with Gasteiger partial charge in [0.25, 0.3) is 0 Å². The molecule has 2 aromatic carbocycles. The fourth-order valence-corrected chi connectivity index (χ4v) is 2.96. The van der Waals surface area contributed by atoms with Gasteiger partial charge in [0.1, 0.15) is 5.75 Å². The molecule has 1 aliphatic rings. The first kappa shape index (κ1) is 15.5. The Balaban J connectivity index is 1.90. The van der Waals surface area contributed by atoms with Crippen LogP contribution < -0.4 is 0 Å². The molecule has 0 aliphatic carbocycles. The summed E-state index contributed by atoms with van der Waals surface area (Å²) in [7, 11) is 0. The van der Waals surface area contributed by atoms with E-state index in [9.17, 15) is 5.11 Å². The van der Waals surface area contributed by atoms with Gasteiger partial charge in [0.2, 0.25) is 0 Å². The Bertz CT molecular complexity index is 997. The molecule has 5 heteroatoms. The lowest BCUT2D eigenvalue weighted by molar-refractivity contribution is 0.474. The standard InChI is InChI=1S/C20H14ClN3O/c21-15-7-3-6-14(20(15)25)19-11-18(13-5-4-10-22-12-13)23-16-8-1-2-9-17(16)24-19/h1-10,12,25H,11H2. The van der Waals surface area contributed by atoms with E-state index in [1.165, 1.54) is 0 Å². The molecule has 0 unspecified atom stereocenters. The van der Waals surface area contributed by atoms with Crippen LogP contribution in [0.4, 0.5) is 11.4 Å². The summed E-state index contributed by atoms with van der Waals surface area (Å²) >= 11 is 6.08. The highest BCUT2D eigenvalue weighted by Gasteiger charge is 2.19. The van der Waals surface area contributed by atoms with Crippen molar-refractivity contribution in [3.63, 3.8) is 0 Å². The molecule has 1 aromatic heterocycles. The third-order valence-corrected chi connectivity index (χ3v) is 4.32. The summed E-state index contributed by atoms with van der Waals surface area (Å²) in [5, 5.41) is 10.7. The maximum atomic E-state index is 10.4. The van der Waals surface area contributed by atoms with E-state index in [-0.39, 0.29) is 5.75 Å². The number of aromatic nitrogens is 1. The second-order valence-electron chi connectivity index (χ2n) is 5.66. The maximum Gasteiger partial charge on any atom is 0.143 e. The molecule has 0 saturated carbocycles. The zero-order chi connectivity index (χ0) is 17.2. The number of hydrogen-bond donors (Lipinski definition) is 1. The summed E-state index contributed by atoms with van der Waals surface area (Å²) in [5.74, 6) is 0.0350. The first-order chi connectivity index (χ1) is 12.2. The molecule has 4 rings (SSSR count). The van der Waals surface area contributed by atoms with E-state index in [2.05, 4.69) is 4.98 Å². The van der Waals surface area contributed by atoms with Gasteiger partial charge in [-0.3, -0.25) is 15.0 Å². The number of aromatic hydroxyl groups is 1. The minimum Gasteiger partial charge on any atom is -0.506 e. The fraction of sp³-hybridized carbons (Fsp3) is 0.0500. The Kier molecular flexibility index (Phi) is 4.04. The quantitative estimate of drug-likeness (QED) is 0.702. The third-order valence-electron chi connectivity index (χ3n) is 4.02. The van der Waals surface area contributed by atoms with Gasteiger partial charge in [-0.15, -0.1) is 0 Å². The molecule has 0 amide bonds. The fourth-order valence-electron chi connectivity index (χ4n) is 2.79. The molecular formula is C20H14ClN3O. The van der Waals surface area contributed by atoms with Crippen LogP contribution in [0.2, 0.25) is 5.02 Å². The summed E-state index contributed by atoms with van der Waals surface area (Å²) in [5.41, 5.74) is 4.64. The Hall–Kier alpha value is -2.98. The van der Waals surface area contributed by atoms with Gasteiger partial charge >= 0.3 is 0 Å². The Morgan fingerprint density at radius 2 is 1.60 bits per heavy atom. The zero-order valence-corrected chi connectivity index (χ0v) is 14.0. The minimum absolute atomic E-state index is 0.0350. The van der Waals surface area contributed by atoms with E-state index in [0.29, 0.717) is 22.7 Å². The Morgan fingerprint density at radius 3 is 2.32 bits per heavy atom. The molecule has 1 aliphatic heterocycles. The van der Waals surface area contributed by atoms with Crippen LogP contribution in [0.25, 0.3) is 0 Å². The number of fused-ring (bicyclic) bond motifs is 1. The third kappa shape index (κ3) is 3.04. The molecule has 122 valence electrons. The normalized spacial score (nSPS) is 13.5. The van der Waals surface area contributed by atoms with E-state index in [1.807, 2.05) is 42.5 Å². The number of phenolic OH excluding ortho intramolecular Hbond substituents is 1. The molecule has 4 nitrogen and oxygen atoms in total. The van der Waals surface area contributed by atoms with Crippen LogP contribution in [0, 0.1) is 0 Å². The zero-order valence-electron chi connectivity index (χ0n) is 13.2. The van der Waals surface area contributed by atoms with Crippen molar-refractivity contribution in [3.8, 4) is 5.75 Å². The number of pyridine rings is 1. The van der Waals surface area contributed by atoms with Crippen molar-refractivity contribution in [3.05, 3.63) is 83.1 Å². The van der Waals surface area contributed by atoms with Crippen LogP contribution in [0.3, 0.4) is 0 Å². The summed E-state index contributed by atoms with van der Waals surface area (Å²) < 4.78 is 0. The first-order valence-electron chi connectivity index (χ1n) is 7.85. The molecule has 1 N–H and O–H groups in total. The number of rotatable bonds is 2. The molecule has 0 fully saturated rings. The van der Waals surface area contributed by atoms with E-state index >= 15 is 0 Å². The molecule has 3 aromatic rings. The number of halogens is 1. The van der Waals surface area contributed by atoms with Crippen molar-refractivity contribution < 1.29 is 5.11 Å². The van der Waals surface area contributed by atoms with Gasteiger partial charge in [0.15, 0.2) is 0 Å². The average Bonchev–Trinajstić information content (AvgIpc) is 2.84. The lowest BCUT2D eigenvalue weighted by atomic mass is 10.0. The summed E-state index contributed by atoms with van der Waals surface area (Å²) in [4.78, 5) is 13.7. The Labute approximate surface area is 150 Å². The highest BCUT2D eigenvalue weighted by molar-refractivity contribution is 6.33. The van der Waals surface area contributed by atoms with Crippen LogP contribution in [-0.2, 0) is 0 Å². The lowest BCUT2D eigenvalue weighted by Gasteiger charge is -2.10. The number of para-hydroxylation sites is 3. The van der Waals surface area contributed by atoms with Crippen molar-refractivity contribution in [2.24, 2.45) is 9.98 Å². The van der Waals surface area contributed by atoms with Gasteiger partial charge in [-0.2, -0.15) is 0 Å². The first-order valence-corrected chi connectivity index (χ1v) is 8.22. The Morgan fingerprint density at radius 1 is 0.840 bits per heavy atom.